The molecule has 2 heterocycles. The number of hydrogen-bond acceptors (Lipinski definition) is 3. The van der Waals surface area contributed by atoms with Crippen molar-refractivity contribution in [2.24, 2.45) is 0 Å². The van der Waals surface area contributed by atoms with Crippen LogP contribution >= 0.6 is 0 Å². The summed E-state index contributed by atoms with van der Waals surface area (Å²) in [5.74, 6) is -0.129. The minimum Gasteiger partial charge on any atom is -0.503 e. The Morgan fingerprint density at radius 3 is 2.58 bits per heavy atom. The van der Waals surface area contributed by atoms with Crippen LogP contribution in [0, 0.1) is 6.92 Å². The summed E-state index contributed by atoms with van der Waals surface area (Å²) in [6, 6.07) is 9.95. The van der Waals surface area contributed by atoms with Crippen LogP contribution < -0.4 is 0 Å². The van der Waals surface area contributed by atoms with Crippen LogP contribution in [0.4, 0.5) is 0 Å². The number of hydrogen-bond donors (Lipinski definition) is 2. The van der Waals surface area contributed by atoms with Gasteiger partial charge in [-0.05, 0) is 25.0 Å². The molecule has 2 aromatic heterocycles. The average molecular weight is 323 g/mol. The molecule has 0 unspecified atom stereocenters. The summed E-state index contributed by atoms with van der Waals surface area (Å²) < 4.78 is 3.74. The second kappa shape index (κ2) is 7.08. The van der Waals surface area contributed by atoms with Gasteiger partial charge in [0.05, 0.1) is 12.0 Å². The fourth-order valence-corrected chi connectivity index (χ4v) is 2.74. The van der Waals surface area contributed by atoms with Crippen LogP contribution in [-0.4, -0.2) is 24.3 Å². The van der Waals surface area contributed by atoms with Crippen molar-refractivity contribution in [3.63, 3.8) is 0 Å². The van der Waals surface area contributed by atoms with E-state index in [1.54, 1.807) is 17.1 Å². The number of nitrogens with zero attached hydrogens (tertiary/aromatic N) is 3. The highest BCUT2D eigenvalue weighted by molar-refractivity contribution is 5.72. The van der Waals surface area contributed by atoms with Crippen molar-refractivity contribution in [2.75, 3.05) is 0 Å². The van der Waals surface area contributed by atoms with Gasteiger partial charge in [0.2, 0.25) is 5.88 Å². The van der Waals surface area contributed by atoms with E-state index in [-0.39, 0.29) is 11.6 Å². The van der Waals surface area contributed by atoms with Gasteiger partial charge in [0.15, 0.2) is 5.75 Å². The van der Waals surface area contributed by atoms with Crippen molar-refractivity contribution in [3.05, 3.63) is 65.9 Å². The van der Waals surface area contributed by atoms with E-state index >= 15 is 0 Å². The highest BCUT2D eigenvalue weighted by atomic mass is 16.3. The standard InChI is InChI=1S/C19H21N3O2/c1-15-17(9-8-16-6-3-2-4-7-16)22(19(24)18(15)23)12-5-11-21-13-10-20-14-21/h2-4,6-10,13-14,23-24H,5,11-12H2,1H3. The summed E-state index contributed by atoms with van der Waals surface area (Å²) in [6.07, 6.45) is 10.2. The smallest absolute Gasteiger partial charge is 0.235 e. The molecule has 2 N–H and O–H groups in total. The van der Waals surface area contributed by atoms with Gasteiger partial charge in [-0.2, -0.15) is 0 Å². The Hall–Kier alpha value is -2.95. The maximum atomic E-state index is 10.2. The fourth-order valence-electron chi connectivity index (χ4n) is 2.74. The molecule has 0 saturated carbocycles. The number of aryl methyl sites for hydroxylation is 1. The molecule has 0 radical (unpaired) electrons. The van der Waals surface area contributed by atoms with E-state index in [0.29, 0.717) is 12.1 Å². The van der Waals surface area contributed by atoms with Gasteiger partial charge in [-0.15, -0.1) is 0 Å². The molecule has 3 rings (SSSR count). The number of imidazole rings is 1. The molecule has 24 heavy (non-hydrogen) atoms. The fraction of sp³-hybridized carbons (Fsp3) is 0.211. The molecule has 5 heteroatoms. The maximum absolute atomic E-state index is 10.2. The minimum absolute atomic E-state index is 0.0506. The van der Waals surface area contributed by atoms with Crippen LogP contribution in [0.3, 0.4) is 0 Å². The second-order valence-electron chi connectivity index (χ2n) is 5.73. The van der Waals surface area contributed by atoms with Crippen molar-refractivity contribution < 1.29 is 10.2 Å². The summed E-state index contributed by atoms with van der Waals surface area (Å²) >= 11 is 0. The predicted molar refractivity (Wildman–Crippen MR) is 94.7 cm³/mol. The van der Waals surface area contributed by atoms with Gasteiger partial charge >= 0.3 is 0 Å². The SMILES string of the molecule is Cc1c(O)c(O)n(CCCn2ccnc2)c1C=Cc1ccccc1. The third-order valence-corrected chi connectivity index (χ3v) is 4.09. The van der Waals surface area contributed by atoms with E-state index in [0.717, 1.165) is 24.2 Å². The number of rotatable bonds is 6. The van der Waals surface area contributed by atoms with Gasteiger partial charge in [-0.1, -0.05) is 36.4 Å². The average Bonchev–Trinajstić information content (AvgIpc) is 3.19. The van der Waals surface area contributed by atoms with Crippen LogP contribution in [-0.2, 0) is 13.1 Å². The highest BCUT2D eigenvalue weighted by Gasteiger charge is 2.17. The second-order valence-corrected chi connectivity index (χ2v) is 5.73. The highest BCUT2D eigenvalue weighted by Crippen LogP contribution is 2.35. The quantitative estimate of drug-likeness (QED) is 0.727. The van der Waals surface area contributed by atoms with Crippen molar-refractivity contribution >= 4 is 12.2 Å². The molecular formula is C19H21N3O2. The van der Waals surface area contributed by atoms with E-state index in [2.05, 4.69) is 4.98 Å². The van der Waals surface area contributed by atoms with Gasteiger partial charge in [-0.3, -0.25) is 0 Å². The topological polar surface area (TPSA) is 63.2 Å². The Kier molecular flexibility index (Phi) is 4.70. The van der Waals surface area contributed by atoms with E-state index in [9.17, 15) is 10.2 Å². The molecule has 0 amide bonds. The first-order chi connectivity index (χ1) is 11.7. The molecule has 3 aromatic rings. The third-order valence-electron chi connectivity index (χ3n) is 4.09. The maximum Gasteiger partial charge on any atom is 0.235 e. The summed E-state index contributed by atoms with van der Waals surface area (Å²) in [6.45, 7) is 3.23. The lowest BCUT2D eigenvalue weighted by Gasteiger charge is -2.09. The monoisotopic (exact) mass is 323 g/mol. The van der Waals surface area contributed by atoms with Crippen LogP contribution in [0.1, 0.15) is 23.2 Å². The molecule has 0 fully saturated rings. The van der Waals surface area contributed by atoms with Gasteiger partial charge in [0.25, 0.3) is 0 Å². The zero-order chi connectivity index (χ0) is 16.9. The Balaban J connectivity index is 1.80. The zero-order valence-electron chi connectivity index (χ0n) is 13.6. The van der Waals surface area contributed by atoms with Crippen molar-refractivity contribution in [1.29, 1.82) is 0 Å². The first kappa shape index (κ1) is 15.9. The molecule has 0 aliphatic rings. The molecule has 5 nitrogen and oxygen atoms in total. The summed E-state index contributed by atoms with van der Waals surface area (Å²) in [5, 5.41) is 20.3. The van der Waals surface area contributed by atoms with Gasteiger partial charge < -0.3 is 19.3 Å². The number of benzene rings is 1. The third kappa shape index (κ3) is 3.35. The number of aromatic nitrogens is 3. The zero-order valence-corrected chi connectivity index (χ0v) is 13.6. The lowest BCUT2D eigenvalue weighted by molar-refractivity contribution is 0.366. The molecule has 1 aromatic carbocycles. The molecule has 124 valence electrons. The summed E-state index contributed by atoms with van der Waals surface area (Å²) in [7, 11) is 0. The van der Waals surface area contributed by atoms with E-state index in [1.165, 1.54) is 0 Å². The van der Waals surface area contributed by atoms with Crippen molar-refractivity contribution in [2.45, 2.75) is 26.4 Å². The molecule has 0 saturated heterocycles. The Bertz CT molecular complexity index is 818. The Morgan fingerprint density at radius 1 is 1.08 bits per heavy atom. The molecular weight excluding hydrogens is 302 g/mol. The summed E-state index contributed by atoms with van der Waals surface area (Å²) in [4.78, 5) is 4.02. The lowest BCUT2D eigenvalue weighted by atomic mass is 10.1. The van der Waals surface area contributed by atoms with E-state index in [1.807, 2.05) is 60.2 Å². The largest absolute Gasteiger partial charge is 0.503 e. The Morgan fingerprint density at radius 2 is 1.88 bits per heavy atom. The number of aromatic hydroxyl groups is 2. The summed E-state index contributed by atoms with van der Waals surface area (Å²) in [5.41, 5.74) is 2.57. The van der Waals surface area contributed by atoms with Crippen LogP contribution in [0.25, 0.3) is 12.2 Å². The first-order valence-corrected chi connectivity index (χ1v) is 7.96. The molecule has 0 bridgehead atoms. The van der Waals surface area contributed by atoms with E-state index in [4.69, 9.17) is 0 Å². The van der Waals surface area contributed by atoms with Crippen molar-refractivity contribution in [1.82, 2.24) is 14.1 Å². The predicted octanol–water partition coefficient (Wildman–Crippen LogP) is 3.66. The van der Waals surface area contributed by atoms with Gasteiger partial charge in [-0.25, -0.2) is 4.98 Å². The van der Waals surface area contributed by atoms with Crippen LogP contribution in [0.2, 0.25) is 0 Å². The van der Waals surface area contributed by atoms with Gasteiger partial charge in [0, 0.05) is 31.0 Å². The van der Waals surface area contributed by atoms with E-state index < -0.39 is 0 Å². The molecule has 0 aliphatic heterocycles. The minimum atomic E-state index is -0.0779. The Labute approximate surface area is 141 Å². The normalized spacial score (nSPS) is 11.4. The molecule has 0 atom stereocenters. The van der Waals surface area contributed by atoms with Crippen LogP contribution in [0.5, 0.6) is 11.6 Å². The molecule has 0 spiro atoms. The molecule has 0 aliphatic carbocycles. The van der Waals surface area contributed by atoms with Crippen LogP contribution in [0.15, 0.2) is 49.1 Å². The lowest BCUT2D eigenvalue weighted by Crippen LogP contribution is -2.04. The van der Waals surface area contributed by atoms with Crippen molar-refractivity contribution in [3.8, 4) is 11.6 Å². The first-order valence-electron chi connectivity index (χ1n) is 7.96. The van der Waals surface area contributed by atoms with Gasteiger partial charge in [0.1, 0.15) is 0 Å².